The molecule has 1 aliphatic rings. The van der Waals surface area contributed by atoms with E-state index in [1.807, 2.05) is 6.07 Å². The molecule has 2 aromatic carbocycles. The van der Waals surface area contributed by atoms with Crippen LogP contribution in [0.15, 0.2) is 59.8 Å². The number of rotatable bonds is 5. The number of urea groups is 1. The highest BCUT2D eigenvalue weighted by Crippen LogP contribution is 2.43. The summed E-state index contributed by atoms with van der Waals surface area (Å²) in [5.41, 5.74) is 0.650. The van der Waals surface area contributed by atoms with Crippen LogP contribution in [0.25, 0.3) is 0 Å². The molecule has 0 saturated heterocycles. The van der Waals surface area contributed by atoms with Gasteiger partial charge in [-0.1, -0.05) is 18.2 Å². The molecule has 2 amide bonds. The van der Waals surface area contributed by atoms with Crippen molar-refractivity contribution in [1.82, 2.24) is 20.1 Å². The Kier molecular flexibility index (Phi) is 6.82. The van der Waals surface area contributed by atoms with Crippen LogP contribution in [0.3, 0.4) is 0 Å². The van der Waals surface area contributed by atoms with Gasteiger partial charge >= 0.3 is 12.2 Å². The van der Waals surface area contributed by atoms with Gasteiger partial charge in [0, 0.05) is 17.9 Å². The molecule has 3 N–H and O–H groups in total. The van der Waals surface area contributed by atoms with Gasteiger partial charge in [-0.15, -0.1) is 5.10 Å². The van der Waals surface area contributed by atoms with Gasteiger partial charge in [0.1, 0.15) is 6.04 Å². The van der Waals surface area contributed by atoms with E-state index < -0.39 is 23.8 Å². The molecule has 0 bridgehead atoms. The molecule has 10 nitrogen and oxygen atoms in total. The van der Waals surface area contributed by atoms with Crippen LogP contribution in [0, 0.1) is 22.7 Å². The van der Waals surface area contributed by atoms with Gasteiger partial charge in [-0.05, 0) is 42.8 Å². The topological polar surface area (TPSA) is 143 Å². The SMILES string of the molecule is CC1=C(C#N)[C@@H](c2ccc(C#N)cc2)n2nc(NC(=O)NCCO)nc2N1c1cccc(C(F)(F)F)c1. The summed E-state index contributed by atoms with van der Waals surface area (Å²) in [5.74, 6) is -0.115. The smallest absolute Gasteiger partial charge is 0.395 e. The lowest BCUT2D eigenvalue weighted by molar-refractivity contribution is -0.137. The highest BCUT2D eigenvalue weighted by atomic mass is 19.4. The van der Waals surface area contributed by atoms with Crippen molar-refractivity contribution in [3.63, 3.8) is 0 Å². The summed E-state index contributed by atoms with van der Waals surface area (Å²) < 4.78 is 41.7. The first-order valence-corrected chi connectivity index (χ1v) is 10.9. The Hall–Kier alpha value is -4.88. The Bertz CT molecular complexity index is 1450. The summed E-state index contributed by atoms with van der Waals surface area (Å²) in [6.45, 7) is 1.26. The van der Waals surface area contributed by atoms with E-state index in [2.05, 4.69) is 26.8 Å². The summed E-state index contributed by atoms with van der Waals surface area (Å²) in [6.07, 6.45) is -4.60. The molecule has 2 heterocycles. The van der Waals surface area contributed by atoms with Gasteiger partial charge in [0.15, 0.2) is 0 Å². The molecule has 0 fully saturated rings. The maximum Gasteiger partial charge on any atom is 0.416 e. The van der Waals surface area contributed by atoms with Gasteiger partial charge in [0.25, 0.3) is 5.95 Å². The number of carbonyl (C=O) groups excluding carboxylic acids is 1. The van der Waals surface area contributed by atoms with Crippen molar-refractivity contribution >= 4 is 23.6 Å². The first-order valence-electron chi connectivity index (χ1n) is 10.9. The van der Waals surface area contributed by atoms with Crippen molar-refractivity contribution in [2.24, 2.45) is 0 Å². The van der Waals surface area contributed by atoms with Crippen LogP contribution in [0.4, 0.5) is 35.5 Å². The van der Waals surface area contributed by atoms with E-state index in [-0.39, 0.29) is 36.3 Å². The van der Waals surface area contributed by atoms with Crippen LogP contribution in [-0.4, -0.2) is 39.1 Å². The van der Waals surface area contributed by atoms with Crippen molar-refractivity contribution in [1.29, 1.82) is 10.5 Å². The second-order valence-electron chi connectivity index (χ2n) is 7.92. The Morgan fingerprint density at radius 3 is 2.51 bits per heavy atom. The number of fused-ring (bicyclic) bond motifs is 1. The molecule has 0 unspecified atom stereocenters. The van der Waals surface area contributed by atoms with E-state index >= 15 is 0 Å². The van der Waals surface area contributed by atoms with Crippen LogP contribution in [0.1, 0.15) is 29.7 Å². The summed E-state index contributed by atoms with van der Waals surface area (Å²) >= 11 is 0. The number of hydrogen-bond acceptors (Lipinski definition) is 7. The highest BCUT2D eigenvalue weighted by molar-refractivity contribution is 5.87. The number of allylic oxidation sites excluding steroid dienone is 2. The molecule has 13 heteroatoms. The first kappa shape index (κ1) is 25.2. The standard InChI is InChI=1S/C24H19F3N8O2/c1-14-19(13-29)20(16-7-5-15(12-28)6-8-16)35-23(32-21(33-35)31-22(37)30-9-10-36)34(14)18-4-2-3-17(11-18)24(25,26)27/h2-8,11,20,36H,9-10H2,1H3,(H2,30,31,33,37)/t20-/m1/s1. The molecular weight excluding hydrogens is 489 g/mol. The van der Waals surface area contributed by atoms with Gasteiger partial charge in [-0.25, -0.2) is 9.48 Å². The Labute approximate surface area is 208 Å². The van der Waals surface area contributed by atoms with Gasteiger partial charge < -0.3 is 10.4 Å². The van der Waals surface area contributed by atoms with Crippen molar-refractivity contribution in [2.45, 2.75) is 19.1 Å². The Morgan fingerprint density at radius 1 is 1.16 bits per heavy atom. The van der Waals surface area contributed by atoms with Crippen molar-refractivity contribution < 1.29 is 23.1 Å². The zero-order chi connectivity index (χ0) is 26.7. The largest absolute Gasteiger partial charge is 0.416 e. The van der Waals surface area contributed by atoms with E-state index in [1.165, 1.54) is 21.7 Å². The molecule has 1 aliphatic heterocycles. The number of aromatic nitrogens is 3. The molecule has 188 valence electrons. The second kappa shape index (κ2) is 10.0. The average molecular weight is 508 g/mol. The fourth-order valence-electron chi connectivity index (χ4n) is 3.92. The van der Waals surface area contributed by atoms with Crippen LogP contribution >= 0.6 is 0 Å². The maximum atomic E-state index is 13.5. The number of alkyl halides is 3. The number of aliphatic hydroxyl groups is 1. The van der Waals surface area contributed by atoms with E-state index in [0.29, 0.717) is 16.8 Å². The van der Waals surface area contributed by atoms with Crippen molar-refractivity contribution in [3.8, 4) is 12.1 Å². The van der Waals surface area contributed by atoms with E-state index in [0.717, 1.165) is 12.1 Å². The summed E-state index contributed by atoms with van der Waals surface area (Å²) in [4.78, 5) is 17.8. The van der Waals surface area contributed by atoms with Gasteiger partial charge in [-0.2, -0.15) is 28.7 Å². The van der Waals surface area contributed by atoms with Gasteiger partial charge in [0.2, 0.25) is 5.95 Å². The number of aliphatic hydroxyl groups excluding tert-OH is 1. The number of benzene rings is 2. The van der Waals surface area contributed by atoms with E-state index in [4.69, 9.17) is 10.4 Å². The van der Waals surface area contributed by atoms with Gasteiger partial charge in [0.05, 0.1) is 35.4 Å². The molecule has 0 radical (unpaired) electrons. The Morgan fingerprint density at radius 2 is 1.89 bits per heavy atom. The summed E-state index contributed by atoms with van der Waals surface area (Å²) in [6, 6.07) is 13.6. The molecule has 37 heavy (non-hydrogen) atoms. The minimum atomic E-state index is -4.60. The van der Waals surface area contributed by atoms with Crippen molar-refractivity contribution in [2.75, 3.05) is 23.4 Å². The normalized spacial score (nSPS) is 15.0. The number of nitrogens with one attached hydrogen (secondary N) is 2. The lowest BCUT2D eigenvalue weighted by atomic mass is 9.95. The molecular formula is C24H19F3N8O2. The number of nitriles is 2. The second-order valence-corrected chi connectivity index (χ2v) is 7.92. The molecule has 4 rings (SSSR count). The van der Waals surface area contributed by atoms with Crippen LogP contribution in [0.5, 0.6) is 0 Å². The van der Waals surface area contributed by atoms with Crippen LogP contribution < -0.4 is 15.5 Å². The first-order chi connectivity index (χ1) is 17.7. The lowest BCUT2D eigenvalue weighted by Crippen LogP contribution is -2.31. The van der Waals surface area contributed by atoms with E-state index in [1.54, 1.807) is 31.2 Å². The third kappa shape index (κ3) is 4.94. The van der Waals surface area contributed by atoms with Crippen LogP contribution in [0.2, 0.25) is 0 Å². The predicted molar refractivity (Wildman–Crippen MR) is 125 cm³/mol. The van der Waals surface area contributed by atoms with Crippen molar-refractivity contribution in [3.05, 3.63) is 76.5 Å². The van der Waals surface area contributed by atoms with E-state index in [9.17, 15) is 23.2 Å². The maximum absolute atomic E-state index is 13.5. The summed E-state index contributed by atoms with van der Waals surface area (Å²) in [5, 5.41) is 37.3. The highest BCUT2D eigenvalue weighted by Gasteiger charge is 2.37. The monoisotopic (exact) mass is 508 g/mol. The molecule has 0 spiro atoms. The van der Waals surface area contributed by atoms with Gasteiger partial charge in [-0.3, -0.25) is 10.2 Å². The zero-order valence-corrected chi connectivity index (χ0v) is 19.3. The number of amides is 2. The number of hydrogen-bond donors (Lipinski definition) is 3. The molecule has 0 saturated carbocycles. The number of anilines is 3. The summed E-state index contributed by atoms with van der Waals surface area (Å²) in [7, 11) is 0. The lowest BCUT2D eigenvalue weighted by Gasteiger charge is -2.34. The number of halogens is 3. The minimum absolute atomic E-state index is 0.0249. The molecule has 1 atom stereocenters. The predicted octanol–water partition coefficient (Wildman–Crippen LogP) is 3.82. The Balaban J connectivity index is 1.89. The molecule has 1 aromatic heterocycles. The molecule has 3 aromatic rings. The fourth-order valence-corrected chi connectivity index (χ4v) is 3.92. The molecule has 0 aliphatic carbocycles. The quantitative estimate of drug-likeness (QED) is 0.475. The number of nitrogens with zero attached hydrogens (tertiary/aromatic N) is 6. The third-order valence-electron chi connectivity index (χ3n) is 5.59. The fraction of sp³-hybridized carbons (Fsp3) is 0.208. The average Bonchev–Trinajstić information content (AvgIpc) is 3.28. The minimum Gasteiger partial charge on any atom is -0.395 e. The van der Waals surface area contributed by atoms with Crippen LogP contribution in [-0.2, 0) is 6.18 Å². The third-order valence-corrected chi connectivity index (χ3v) is 5.59. The zero-order valence-electron chi connectivity index (χ0n) is 19.3. The number of carbonyl (C=O) groups is 1.